The van der Waals surface area contributed by atoms with Crippen molar-refractivity contribution in [3.8, 4) is 11.5 Å². The Morgan fingerprint density at radius 3 is 2.90 bits per heavy atom. The molecule has 108 valence electrons. The van der Waals surface area contributed by atoms with Crippen LogP contribution in [0.15, 0.2) is 35.0 Å². The predicted molar refractivity (Wildman–Crippen MR) is 83.4 cm³/mol. The number of oxazole rings is 1. The molecule has 0 fully saturated rings. The van der Waals surface area contributed by atoms with Gasteiger partial charge in [0.1, 0.15) is 6.33 Å². The normalized spacial score (nSPS) is 11.0. The molecule has 0 spiro atoms. The van der Waals surface area contributed by atoms with E-state index in [1.165, 1.54) is 6.33 Å². The molecule has 0 aliphatic heterocycles. The van der Waals surface area contributed by atoms with E-state index in [0.717, 1.165) is 24.9 Å². The molecule has 2 heterocycles. The van der Waals surface area contributed by atoms with Crippen LogP contribution in [-0.2, 0) is 0 Å². The van der Waals surface area contributed by atoms with Crippen LogP contribution < -0.4 is 5.32 Å². The van der Waals surface area contributed by atoms with Gasteiger partial charge in [0.25, 0.3) is 5.71 Å². The minimum absolute atomic E-state index is 0.453. The summed E-state index contributed by atoms with van der Waals surface area (Å²) < 4.78 is 5.70. The molecule has 0 aliphatic rings. The number of benzene rings is 1. The lowest BCUT2D eigenvalue weighted by Gasteiger charge is -2.02. The van der Waals surface area contributed by atoms with E-state index >= 15 is 0 Å². The van der Waals surface area contributed by atoms with Gasteiger partial charge in [0.15, 0.2) is 11.3 Å². The molecule has 1 aromatic carbocycles. The zero-order valence-electron chi connectivity index (χ0n) is 11.6. The van der Waals surface area contributed by atoms with Crippen molar-refractivity contribution in [2.45, 2.75) is 19.8 Å². The van der Waals surface area contributed by atoms with Gasteiger partial charge < -0.3 is 9.73 Å². The minimum atomic E-state index is 0.453. The second-order valence-electron chi connectivity index (χ2n) is 4.66. The number of rotatable bonds is 5. The van der Waals surface area contributed by atoms with Crippen molar-refractivity contribution in [2.24, 2.45) is 0 Å². The van der Waals surface area contributed by atoms with Crippen LogP contribution in [0.4, 0.5) is 5.82 Å². The monoisotopic (exact) mass is 302 g/mol. The Morgan fingerprint density at radius 2 is 2.10 bits per heavy atom. The molecule has 0 bridgehead atoms. The van der Waals surface area contributed by atoms with E-state index in [1.54, 1.807) is 6.07 Å². The summed E-state index contributed by atoms with van der Waals surface area (Å²) in [6.07, 6.45) is 3.66. The third kappa shape index (κ3) is 2.83. The van der Waals surface area contributed by atoms with Gasteiger partial charge in [-0.05, 0) is 18.6 Å². The Kier molecular flexibility index (Phi) is 4.01. The molecule has 0 saturated carbocycles. The molecule has 3 rings (SSSR count). The van der Waals surface area contributed by atoms with Gasteiger partial charge in [0.2, 0.25) is 5.89 Å². The van der Waals surface area contributed by atoms with E-state index in [-0.39, 0.29) is 0 Å². The Hall–Kier alpha value is -2.14. The van der Waals surface area contributed by atoms with E-state index < -0.39 is 0 Å². The molecule has 0 atom stereocenters. The molecule has 6 heteroatoms. The first kappa shape index (κ1) is 13.8. The van der Waals surface area contributed by atoms with Gasteiger partial charge in [-0.1, -0.05) is 37.1 Å². The number of fused-ring (bicyclic) bond motifs is 1. The van der Waals surface area contributed by atoms with E-state index in [9.17, 15) is 0 Å². The maximum Gasteiger partial charge on any atom is 0.252 e. The van der Waals surface area contributed by atoms with E-state index in [1.807, 2.05) is 18.2 Å². The Labute approximate surface area is 127 Å². The summed E-state index contributed by atoms with van der Waals surface area (Å²) in [5.74, 6) is 1.14. The zero-order chi connectivity index (χ0) is 14.7. The average molecular weight is 303 g/mol. The predicted octanol–water partition coefficient (Wildman–Crippen LogP) is 4.15. The van der Waals surface area contributed by atoms with Crippen molar-refractivity contribution < 1.29 is 4.42 Å². The van der Waals surface area contributed by atoms with Gasteiger partial charge in [-0.3, -0.25) is 0 Å². The Balaban J connectivity index is 2.00. The number of nitrogens with zero attached hydrogens (tertiary/aromatic N) is 3. The lowest BCUT2D eigenvalue weighted by Crippen LogP contribution is -2.03. The fourth-order valence-corrected chi connectivity index (χ4v) is 2.23. The van der Waals surface area contributed by atoms with Crippen molar-refractivity contribution in [1.29, 1.82) is 0 Å². The molecule has 0 unspecified atom stereocenters. The van der Waals surface area contributed by atoms with Crippen molar-refractivity contribution in [1.82, 2.24) is 15.0 Å². The van der Waals surface area contributed by atoms with Crippen molar-refractivity contribution in [3.63, 3.8) is 0 Å². The topological polar surface area (TPSA) is 63.8 Å². The molecule has 21 heavy (non-hydrogen) atoms. The van der Waals surface area contributed by atoms with Crippen LogP contribution in [0.25, 0.3) is 22.7 Å². The van der Waals surface area contributed by atoms with Crippen LogP contribution in [0, 0.1) is 0 Å². The van der Waals surface area contributed by atoms with Crippen LogP contribution in [0.2, 0.25) is 5.02 Å². The Morgan fingerprint density at radius 1 is 1.24 bits per heavy atom. The summed E-state index contributed by atoms with van der Waals surface area (Å²) in [4.78, 5) is 12.8. The summed E-state index contributed by atoms with van der Waals surface area (Å²) in [6.45, 7) is 2.99. The van der Waals surface area contributed by atoms with Crippen molar-refractivity contribution >= 4 is 28.6 Å². The SMILES string of the molecule is CCCCNc1ncnc2oc(-c3ccccc3Cl)nc12. The van der Waals surface area contributed by atoms with Crippen LogP contribution in [0.1, 0.15) is 19.8 Å². The Bertz CT molecular complexity index is 756. The fourth-order valence-electron chi connectivity index (χ4n) is 2.02. The van der Waals surface area contributed by atoms with Crippen LogP contribution in [0.5, 0.6) is 0 Å². The number of unbranched alkanes of at least 4 members (excludes halogenated alkanes) is 1. The second kappa shape index (κ2) is 6.10. The van der Waals surface area contributed by atoms with Gasteiger partial charge in [-0.25, -0.2) is 9.97 Å². The van der Waals surface area contributed by atoms with Crippen molar-refractivity contribution in [3.05, 3.63) is 35.6 Å². The summed E-state index contributed by atoms with van der Waals surface area (Å²) in [6, 6.07) is 7.43. The molecule has 0 saturated heterocycles. The van der Waals surface area contributed by atoms with Crippen LogP contribution in [-0.4, -0.2) is 21.5 Å². The third-order valence-corrected chi connectivity index (χ3v) is 3.45. The lowest BCUT2D eigenvalue weighted by molar-refractivity contribution is 0.607. The van der Waals surface area contributed by atoms with Gasteiger partial charge in [-0.2, -0.15) is 4.98 Å². The summed E-state index contributed by atoms with van der Waals surface area (Å²) in [7, 11) is 0. The molecule has 3 aromatic rings. The number of hydrogen-bond acceptors (Lipinski definition) is 5. The second-order valence-corrected chi connectivity index (χ2v) is 5.06. The summed E-state index contributed by atoms with van der Waals surface area (Å²) in [5.41, 5.74) is 1.83. The quantitative estimate of drug-likeness (QED) is 0.717. The lowest BCUT2D eigenvalue weighted by atomic mass is 10.2. The molecule has 2 aromatic heterocycles. The summed E-state index contributed by atoms with van der Waals surface area (Å²) in [5, 5.41) is 3.86. The standard InChI is InChI=1S/C15H15ClN4O/c1-2-3-8-17-13-12-15(19-9-18-13)21-14(20-12)10-6-4-5-7-11(10)16/h4-7,9H,2-3,8H2,1H3,(H,17,18,19). The zero-order valence-corrected chi connectivity index (χ0v) is 12.4. The molecule has 1 N–H and O–H groups in total. The number of nitrogens with one attached hydrogen (secondary N) is 1. The smallest absolute Gasteiger partial charge is 0.252 e. The van der Waals surface area contributed by atoms with E-state index in [4.69, 9.17) is 16.0 Å². The molecule has 0 amide bonds. The third-order valence-electron chi connectivity index (χ3n) is 3.12. The highest BCUT2D eigenvalue weighted by Gasteiger charge is 2.15. The largest absolute Gasteiger partial charge is 0.417 e. The van der Waals surface area contributed by atoms with Gasteiger partial charge >= 0.3 is 0 Å². The molecule has 0 aliphatic carbocycles. The summed E-state index contributed by atoms with van der Waals surface area (Å²) >= 11 is 6.18. The van der Waals surface area contributed by atoms with Crippen molar-refractivity contribution in [2.75, 3.05) is 11.9 Å². The first-order valence-corrected chi connectivity index (χ1v) is 7.27. The number of anilines is 1. The minimum Gasteiger partial charge on any atom is -0.417 e. The first-order chi connectivity index (χ1) is 10.3. The van der Waals surface area contributed by atoms with Gasteiger partial charge in [-0.15, -0.1) is 0 Å². The van der Waals surface area contributed by atoms with Gasteiger partial charge in [0.05, 0.1) is 10.6 Å². The molecule has 0 radical (unpaired) electrons. The number of aromatic nitrogens is 3. The van der Waals surface area contributed by atoms with E-state index in [2.05, 4.69) is 27.2 Å². The van der Waals surface area contributed by atoms with E-state index in [0.29, 0.717) is 28.0 Å². The molecular weight excluding hydrogens is 288 g/mol. The highest BCUT2D eigenvalue weighted by molar-refractivity contribution is 6.33. The highest BCUT2D eigenvalue weighted by Crippen LogP contribution is 2.30. The van der Waals surface area contributed by atoms with Crippen LogP contribution >= 0.6 is 11.6 Å². The number of halogens is 1. The molecular formula is C15H15ClN4O. The maximum absolute atomic E-state index is 6.18. The number of hydrogen-bond donors (Lipinski definition) is 1. The average Bonchev–Trinajstić information content (AvgIpc) is 2.92. The highest BCUT2D eigenvalue weighted by atomic mass is 35.5. The van der Waals surface area contributed by atoms with Crippen LogP contribution in [0.3, 0.4) is 0 Å². The fraction of sp³-hybridized carbons (Fsp3) is 0.267. The van der Waals surface area contributed by atoms with Gasteiger partial charge in [0, 0.05) is 6.54 Å². The maximum atomic E-state index is 6.18. The first-order valence-electron chi connectivity index (χ1n) is 6.90. The molecule has 5 nitrogen and oxygen atoms in total.